The standard InChI is InChI=1S/C12H23NO2/c1-3-4-11-5-6-12(15)13(8-7-11)9-10(2)14/h10-11,14H,3-9H2,1-2H3. The highest BCUT2D eigenvalue weighted by molar-refractivity contribution is 5.76. The maximum absolute atomic E-state index is 11.7. The Morgan fingerprint density at radius 3 is 2.87 bits per heavy atom. The summed E-state index contributed by atoms with van der Waals surface area (Å²) < 4.78 is 0. The first-order chi connectivity index (χ1) is 7.13. The molecule has 1 amide bonds. The van der Waals surface area contributed by atoms with E-state index in [4.69, 9.17) is 0 Å². The van der Waals surface area contributed by atoms with Crippen molar-refractivity contribution in [2.24, 2.45) is 5.92 Å². The Kier molecular flexibility index (Phi) is 5.09. The minimum absolute atomic E-state index is 0.217. The molecule has 0 aromatic heterocycles. The number of rotatable bonds is 4. The zero-order valence-electron chi connectivity index (χ0n) is 9.91. The quantitative estimate of drug-likeness (QED) is 0.773. The maximum Gasteiger partial charge on any atom is 0.222 e. The summed E-state index contributed by atoms with van der Waals surface area (Å²) in [7, 11) is 0. The summed E-state index contributed by atoms with van der Waals surface area (Å²) in [6.07, 6.45) is 4.83. The average molecular weight is 213 g/mol. The predicted molar refractivity (Wildman–Crippen MR) is 60.5 cm³/mol. The van der Waals surface area contributed by atoms with Crippen molar-refractivity contribution in [2.75, 3.05) is 13.1 Å². The molecule has 88 valence electrons. The lowest BCUT2D eigenvalue weighted by Crippen LogP contribution is -2.36. The summed E-state index contributed by atoms with van der Waals surface area (Å²) in [5.74, 6) is 0.924. The number of amides is 1. The van der Waals surface area contributed by atoms with Gasteiger partial charge in [0, 0.05) is 19.5 Å². The molecular weight excluding hydrogens is 190 g/mol. The lowest BCUT2D eigenvalue weighted by atomic mass is 9.96. The van der Waals surface area contributed by atoms with E-state index in [0.717, 1.165) is 19.4 Å². The Morgan fingerprint density at radius 2 is 2.27 bits per heavy atom. The van der Waals surface area contributed by atoms with Gasteiger partial charge in [-0.25, -0.2) is 0 Å². The van der Waals surface area contributed by atoms with Crippen LogP contribution in [0, 0.1) is 5.92 Å². The van der Waals surface area contributed by atoms with Crippen LogP contribution in [0.5, 0.6) is 0 Å². The highest BCUT2D eigenvalue weighted by Crippen LogP contribution is 2.22. The fourth-order valence-electron chi connectivity index (χ4n) is 2.30. The van der Waals surface area contributed by atoms with Crippen LogP contribution >= 0.6 is 0 Å². The monoisotopic (exact) mass is 213 g/mol. The molecule has 0 bridgehead atoms. The van der Waals surface area contributed by atoms with Gasteiger partial charge in [-0.15, -0.1) is 0 Å². The molecule has 0 radical (unpaired) electrons. The first-order valence-electron chi connectivity index (χ1n) is 6.09. The number of nitrogens with zero attached hydrogens (tertiary/aromatic N) is 1. The molecule has 0 aliphatic carbocycles. The van der Waals surface area contributed by atoms with E-state index in [-0.39, 0.29) is 5.91 Å². The van der Waals surface area contributed by atoms with Gasteiger partial charge < -0.3 is 10.0 Å². The lowest BCUT2D eigenvalue weighted by Gasteiger charge is -2.22. The van der Waals surface area contributed by atoms with E-state index >= 15 is 0 Å². The van der Waals surface area contributed by atoms with Gasteiger partial charge in [0.15, 0.2) is 0 Å². The van der Waals surface area contributed by atoms with Gasteiger partial charge in [0.2, 0.25) is 5.91 Å². The highest BCUT2D eigenvalue weighted by atomic mass is 16.3. The van der Waals surface area contributed by atoms with Gasteiger partial charge in [-0.05, 0) is 25.7 Å². The van der Waals surface area contributed by atoms with E-state index in [0.29, 0.717) is 18.9 Å². The highest BCUT2D eigenvalue weighted by Gasteiger charge is 2.22. The lowest BCUT2D eigenvalue weighted by molar-refractivity contribution is -0.131. The summed E-state index contributed by atoms with van der Waals surface area (Å²) in [6, 6.07) is 0. The summed E-state index contributed by atoms with van der Waals surface area (Å²) in [5, 5.41) is 9.29. The van der Waals surface area contributed by atoms with Crippen molar-refractivity contribution in [2.45, 2.75) is 52.1 Å². The Hall–Kier alpha value is -0.570. The smallest absolute Gasteiger partial charge is 0.222 e. The summed E-state index contributed by atoms with van der Waals surface area (Å²) in [4.78, 5) is 13.5. The number of carbonyl (C=O) groups is 1. The molecule has 1 aliphatic heterocycles. The van der Waals surface area contributed by atoms with Gasteiger partial charge in [-0.1, -0.05) is 19.8 Å². The number of hydrogen-bond acceptors (Lipinski definition) is 2. The first-order valence-corrected chi connectivity index (χ1v) is 6.09. The zero-order valence-corrected chi connectivity index (χ0v) is 9.91. The Balaban J connectivity index is 2.44. The topological polar surface area (TPSA) is 40.5 Å². The normalized spacial score (nSPS) is 25.1. The molecule has 0 aromatic rings. The van der Waals surface area contributed by atoms with Crippen molar-refractivity contribution < 1.29 is 9.90 Å². The fraction of sp³-hybridized carbons (Fsp3) is 0.917. The SMILES string of the molecule is CCCC1CCC(=O)N(CC(C)O)CC1. The van der Waals surface area contributed by atoms with E-state index in [2.05, 4.69) is 6.92 Å². The summed E-state index contributed by atoms with van der Waals surface area (Å²) >= 11 is 0. The van der Waals surface area contributed by atoms with Crippen molar-refractivity contribution in [3.05, 3.63) is 0 Å². The third-order valence-corrected chi connectivity index (χ3v) is 3.11. The largest absolute Gasteiger partial charge is 0.392 e. The van der Waals surface area contributed by atoms with Crippen LogP contribution in [0.2, 0.25) is 0 Å². The number of likely N-dealkylation sites (tertiary alicyclic amines) is 1. The molecule has 1 rings (SSSR count). The molecule has 1 fully saturated rings. The van der Waals surface area contributed by atoms with E-state index in [1.165, 1.54) is 12.8 Å². The number of aliphatic hydroxyl groups is 1. The van der Waals surface area contributed by atoms with E-state index in [1.807, 2.05) is 4.90 Å². The molecule has 15 heavy (non-hydrogen) atoms. The van der Waals surface area contributed by atoms with Gasteiger partial charge in [0.1, 0.15) is 0 Å². The second kappa shape index (κ2) is 6.11. The van der Waals surface area contributed by atoms with Crippen molar-refractivity contribution in [1.29, 1.82) is 0 Å². The molecule has 2 unspecified atom stereocenters. The van der Waals surface area contributed by atoms with Crippen LogP contribution < -0.4 is 0 Å². The zero-order chi connectivity index (χ0) is 11.3. The van der Waals surface area contributed by atoms with E-state index in [9.17, 15) is 9.90 Å². The third kappa shape index (κ3) is 4.20. The Bertz CT molecular complexity index is 204. The molecule has 3 heteroatoms. The molecular formula is C12H23NO2. The molecule has 3 nitrogen and oxygen atoms in total. The van der Waals surface area contributed by atoms with Crippen LogP contribution in [0.1, 0.15) is 46.0 Å². The van der Waals surface area contributed by atoms with Crippen molar-refractivity contribution in [3.8, 4) is 0 Å². The van der Waals surface area contributed by atoms with Gasteiger partial charge in [0.05, 0.1) is 6.10 Å². The second-order valence-corrected chi connectivity index (χ2v) is 4.67. The molecule has 0 spiro atoms. The fourth-order valence-corrected chi connectivity index (χ4v) is 2.30. The van der Waals surface area contributed by atoms with Crippen LogP contribution in [0.4, 0.5) is 0 Å². The molecule has 2 atom stereocenters. The van der Waals surface area contributed by atoms with Crippen LogP contribution in [-0.2, 0) is 4.79 Å². The minimum Gasteiger partial charge on any atom is -0.392 e. The molecule has 0 saturated carbocycles. The van der Waals surface area contributed by atoms with Crippen LogP contribution in [0.25, 0.3) is 0 Å². The first kappa shape index (κ1) is 12.5. The van der Waals surface area contributed by atoms with Gasteiger partial charge in [-0.2, -0.15) is 0 Å². The van der Waals surface area contributed by atoms with Crippen molar-refractivity contribution in [1.82, 2.24) is 4.90 Å². The third-order valence-electron chi connectivity index (χ3n) is 3.11. The molecule has 1 heterocycles. The molecule has 1 N–H and O–H groups in total. The number of carbonyl (C=O) groups excluding carboxylic acids is 1. The minimum atomic E-state index is -0.406. The van der Waals surface area contributed by atoms with E-state index in [1.54, 1.807) is 6.92 Å². The predicted octanol–water partition coefficient (Wildman–Crippen LogP) is 1.80. The summed E-state index contributed by atoms with van der Waals surface area (Å²) in [6.45, 7) is 5.26. The molecule has 0 aromatic carbocycles. The second-order valence-electron chi connectivity index (χ2n) is 4.67. The maximum atomic E-state index is 11.7. The number of hydrogen-bond donors (Lipinski definition) is 1. The Labute approximate surface area is 92.5 Å². The number of aliphatic hydroxyl groups excluding tert-OH is 1. The van der Waals surface area contributed by atoms with Gasteiger partial charge in [-0.3, -0.25) is 4.79 Å². The van der Waals surface area contributed by atoms with Crippen LogP contribution in [0.3, 0.4) is 0 Å². The Morgan fingerprint density at radius 1 is 1.53 bits per heavy atom. The average Bonchev–Trinajstić information content (AvgIpc) is 2.32. The molecule has 1 saturated heterocycles. The molecule has 1 aliphatic rings. The van der Waals surface area contributed by atoms with Gasteiger partial charge in [0.25, 0.3) is 0 Å². The van der Waals surface area contributed by atoms with Crippen LogP contribution in [0.15, 0.2) is 0 Å². The van der Waals surface area contributed by atoms with Crippen molar-refractivity contribution in [3.63, 3.8) is 0 Å². The van der Waals surface area contributed by atoms with Gasteiger partial charge >= 0.3 is 0 Å². The van der Waals surface area contributed by atoms with Crippen molar-refractivity contribution >= 4 is 5.91 Å². The van der Waals surface area contributed by atoms with E-state index < -0.39 is 6.10 Å². The number of β-amino-alcohol motifs (C(OH)–C–C–N with tert-alkyl or cyclic N) is 1. The summed E-state index contributed by atoms with van der Waals surface area (Å²) in [5.41, 5.74) is 0. The van der Waals surface area contributed by atoms with Crippen LogP contribution in [-0.4, -0.2) is 35.1 Å².